The van der Waals surface area contributed by atoms with Crippen LogP contribution in [0.15, 0.2) is 64.4 Å². The van der Waals surface area contributed by atoms with Crippen LogP contribution in [0.2, 0.25) is 0 Å². The lowest BCUT2D eigenvalue weighted by atomic mass is 10.2. The van der Waals surface area contributed by atoms with Crippen LogP contribution in [-0.2, 0) is 14.6 Å². The Bertz CT molecular complexity index is 881. The predicted octanol–water partition coefficient (Wildman–Crippen LogP) is 3.59. The SMILES string of the molecule is CCCCOc1ccc(S(=O)(=O)C(C)C(O)(Sc2ccccc2)C(=O)O)cc1. The smallest absolute Gasteiger partial charge is 0.348 e. The van der Waals surface area contributed by atoms with Gasteiger partial charge in [0.1, 0.15) is 11.0 Å². The molecule has 0 bridgehead atoms. The maximum absolute atomic E-state index is 13.0. The molecule has 2 atom stereocenters. The van der Waals surface area contributed by atoms with Gasteiger partial charge in [0, 0.05) is 4.90 Å². The zero-order valence-electron chi connectivity index (χ0n) is 15.7. The van der Waals surface area contributed by atoms with Crippen molar-refractivity contribution in [3.63, 3.8) is 0 Å². The second-order valence-electron chi connectivity index (χ2n) is 6.28. The highest BCUT2D eigenvalue weighted by Crippen LogP contribution is 2.38. The molecule has 0 aromatic heterocycles. The summed E-state index contributed by atoms with van der Waals surface area (Å²) < 4.78 is 31.5. The topological polar surface area (TPSA) is 101 Å². The molecule has 0 heterocycles. The van der Waals surface area contributed by atoms with Crippen LogP contribution in [0.25, 0.3) is 0 Å². The quantitative estimate of drug-likeness (QED) is 0.341. The number of rotatable bonds is 10. The van der Waals surface area contributed by atoms with Gasteiger partial charge in [-0.25, -0.2) is 13.2 Å². The molecule has 28 heavy (non-hydrogen) atoms. The second kappa shape index (κ2) is 9.45. The molecule has 2 rings (SSSR count). The highest BCUT2D eigenvalue weighted by molar-refractivity contribution is 8.02. The van der Waals surface area contributed by atoms with Crippen molar-refractivity contribution >= 4 is 27.6 Å². The van der Waals surface area contributed by atoms with Crippen molar-refractivity contribution in [2.24, 2.45) is 0 Å². The van der Waals surface area contributed by atoms with E-state index < -0.39 is 26.0 Å². The first-order valence-corrected chi connectivity index (χ1v) is 11.2. The van der Waals surface area contributed by atoms with Gasteiger partial charge < -0.3 is 14.9 Å². The molecule has 0 saturated heterocycles. The van der Waals surface area contributed by atoms with Crippen LogP contribution in [0.4, 0.5) is 0 Å². The van der Waals surface area contributed by atoms with Gasteiger partial charge in [0.15, 0.2) is 9.84 Å². The molecule has 0 radical (unpaired) electrons. The first kappa shape index (κ1) is 22.3. The van der Waals surface area contributed by atoms with Crippen LogP contribution in [0.3, 0.4) is 0 Å². The number of ether oxygens (including phenoxy) is 1. The number of thioether (sulfide) groups is 1. The van der Waals surface area contributed by atoms with Gasteiger partial charge in [0.05, 0.1) is 11.5 Å². The standard InChI is InChI=1S/C20H24O6S2/c1-3-4-14-26-16-10-12-18(13-11-16)28(24,25)15(2)20(23,19(21)22)27-17-8-6-5-7-9-17/h5-13,15,23H,3-4,14H2,1-2H3,(H,21,22). The van der Waals surface area contributed by atoms with Gasteiger partial charge in [-0.15, -0.1) is 0 Å². The molecule has 0 aliphatic heterocycles. The van der Waals surface area contributed by atoms with Crippen LogP contribution in [0.1, 0.15) is 26.7 Å². The first-order valence-electron chi connectivity index (χ1n) is 8.88. The average Bonchev–Trinajstić information content (AvgIpc) is 2.68. The van der Waals surface area contributed by atoms with Crippen LogP contribution >= 0.6 is 11.8 Å². The number of aliphatic carboxylic acids is 1. The minimum Gasteiger partial charge on any atom is -0.494 e. The Morgan fingerprint density at radius 3 is 2.29 bits per heavy atom. The van der Waals surface area contributed by atoms with E-state index in [-0.39, 0.29) is 4.90 Å². The third-order valence-corrected chi connectivity index (χ3v) is 7.96. The molecule has 0 aliphatic carbocycles. The van der Waals surface area contributed by atoms with Crippen LogP contribution in [0, 0.1) is 0 Å². The number of aliphatic hydroxyl groups is 1. The van der Waals surface area contributed by atoms with Gasteiger partial charge >= 0.3 is 5.97 Å². The monoisotopic (exact) mass is 424 g/mol. The molecule has 2 unspecified atom stereocenters. The zero-order chi connectivity index (χ0) is 20.8. The summed E-state index contributed by atoms with van der Waals surface area (Å²) in [5.41, 5.74) is 0. The van der Waals surface area contributed by atoms with Crippen LogP contribution in [0.5, 0.6) is 5.75 Å². The highest BCUT2D eigenvalue weighted by Gasteiger charge is 2.50. The van der Waals surface area contributed by atoms with E-state index in [1.165, 1.54) is 31.2 Å². The number of sulfone groups is 1. The highest BCUT2D eigenvalue weighted by atomic mass is 32.2. The number of hydrogen-bond donors (Lipinski definition) is 2. The number of carboxylic acids is 1. The minimum absolute atomic E-state index is 0.0730. The van der Waals surface area contributed by atoms with Crippen molar-refractivity contribution < 1.29 is 28.2 Å². The molecule has 6 nitrogen and oxygen atoms in total. The summed E-state index contributed by atoms with van der Waals surface area (Å²) in [6.45, 7) is 3.77. The lowest BCUT2D eigenvalue weighted by Gasteiger charge is -2.29. The van der Waals surface area contributed by atoms with Crippen molar-refractivity contribution in [1.29, 1.82) is 0 Å². The Morgan fingerprint density at radius 1 is 1.14 bits per heavy atom. The van der Waals surface area contributed by atoms with Crippen molar-refractivity contribution in [2.45, 2.75) is 46.7 Å². The summed E-state index contributed by atoms with van der Waals surface area (Å²) >= 11 is 0.598. The number of carboxylic acid groups (broad SMARTS) is 1. The third kappa shape index (κ3) is 5.06. The van der Waals surface area contributed by atoms with Gasteiger partial charge in [-0.1, -0.05) is 43.3 Å². The van der Waals surface area contributed by atoms with Crippen LogP contribution in [-0.4, -0.2) is 41.4 Å². The largest absolute Gasteiger partial charge is 0.494 e. The molecule has 2 aromatic rings. The Hall–Kier alpha value is -2.03. The van der Waals surface area contributed by atoms with Crippen molar-refractivity contribution in [3.05, 3.63) is 54.6 Å². The molecule has 2 N–H and O–H groups in total. The molecule has 0 fully saturated rings. The van der Waals surface area contributed by atoms with E-state index in [4.69, 9.17) is 4.74 Å². The summed E-state index contributed by atoms with van der Waals surface area (Å²) in [6, 6.07) is 14.1. The molecule has 0 amide bonds. The Balaban J connectivity index is 2.27. The van der Waals surface area contributed by atoms with E-state index in [1.807, 2.05) is 6.92 Å². The average molecular weight is 425 g/mol. The lowest BCUT2D eigenvalue weighted by Crippen LogP contribution is -2.48. The summed E-state index contributed by atoms with van der Waals surface area (Å²) in [5.74, 6) is -1.08. The van der Waals surface area contributed by atoms with E-state index in [1.54, 1.807) is 30.3 Å². The summed E-state index contributed by atoms with van der Waals surface area (Å²) in [4.78, 5) is 9.63. The van der Waals surface area contributed by atoms with Gasteiger partial charge in [-0.3, -0.25) is 0 Å². The number of carbonyl (C=O) groups is 1. The zero-order valence-corrected chi connectivity index (χ0v) is 17.4. The fraction of sp³-hybridized carbons (Fsp3) is 0.350. The van der Waals surface area contributed by atoms with E-state index >= 15 is 0 Å². The Kier molecular flexibility index (Phi) is 7.51. The van der Waals surface area contributed by atoms with Crippen molar-refractivity contribution in [2.75, 3.05) is 6.61 Å². The van der Waals surface area contributed by atoms with Gasteiger partial charge in [-0.2, -0.15) is 0 Å². The predicted molar refractivity (Wildman–Crippen MR) is 108 cm³/mol. The van der Waals surface area contributed by atoms with Gasteiger partial charge in [0.2, 0.25) is 4.93 Å². The molecular formula is C20H24O6S2. The summed E-state index contributed by atoms with van der Waals surface area (Å²) in [6.07, 6.45) is 1.87. The number of unbranched alkanes of at least 4 members (excludes halogenated alkanes) is 1. The molecule has 8 heteroatoms. The number of benzene rings is 2. The summed E-state index contributed by atoms with van der Waals surface area (Å²) in [7, 11) is -4.11. The second-order valence-corrected chi connectivity index (χ2v) is 9.84. The first-order chi connectivity index (χ1) is 13.2. The van der Waals surface area contributed by atoms with Crippen molar-refractivity contribution in [1.82, 2.24) is 0 Å². The molecule has 152 valence electrons. The fourth-order valence-electron chi connectivity index (χ4n) is 2.44. The molecule has 0 saturated carbocycles. The van der Waals surface area contributed by atoms with E-state index in [2.05, 4.69) is 0 Å². The molecule has 0 spiro atoms. The Labute approximate surface area is 169 Å². The van der Waals surface area contributed by atoms with Gasteiger partial charge in [-0.05, 0) is 49.7 Å². The van der Waals surface area contributed by atoms with Gasteiger partial charge in [0.25, 0.3) is 0 Å². The summed E-state index contributed by atoms with van der Waals surface area (Å²) in [5, 5.41) is 18.8. The molecular weight excluding hydrogens is 400 g/mol. The maximum Gasteiger partial charge on any atom is 0.348 e. The fourth-order valence-corrected chi connectivity index (χ4v) is 5.32. The van der Waals surface area contributed by atoms with Crippen LogP contribution < -0.4 is 4.74 Å². The molecule has 0 aliphatic rings. The van der Waals surface area contributed by atoms with Crippen molar-refractivity contribution in [3.8, 4) is 5.75 Å². The number of hydrogen-bond acceptors (Lipinski definition) is 6. The van der Waals surface area contributed by atoms with E-state index in [9.17, 15) is 23.4 Å². The molecule has 2 aromatic carbocycles. The minimum atomic E-state index is -4.11. The maximum atomic E-state index is 13.0. The normalized spacial score (nSPS) is 14.8. The van der Waals surface area contributed by atoms with E-state index in [0.29, 0.717) is 29.0 Å². The lowest BCUT2D eigenvalue weighted by molar-refractivity contribution is -0.149. The van der Waals surface area contributed by atoms with E-state index in [0.717, 1.165) is 12.8 Å². The Morgan fingerprint density at radius 2 is 1.75 bits per heavy atom. The third-order valence-electron chi connectivity index (χ3n) is 4.26.